The third kappa shape index (κ3) is 4.09. The highest BCUT2D eigenvalue weighted by atomic mass is 32.1. The Bertz CT molecular complexity index is 1360. The number of nitrogens with zero attached hydrogens (tertiary/aromatic N) is 2. The van der Waals surface area contributed by atoms with Gasteiger partial charge in [0.1, 0.15) is 22.9 Å². The zero-order valence-corrected chi connectivity index (χ0v) is 19.1. The molecule has 8 heteroatoms. The molecule has 0 aliphatic carbocycles. The van der Waals surface area contributed by atoms with Gasteiger partial charge in [0.05, 0.1) is 31.6 Å². The van der Waals surface area contributed by atoms with Crippen molar-refractivity contribution in [1.29, 1.82) is 0 Å². The number of aromatic nitrogens is 2. The van der Waals surface area contributed by atoms with Crippen LogP contribution in [0.25, 0.3) is 21.3 Å². The van der Waals surface area contributed by atoms with Crippen LogP contribution < -0.4 is 20.3 Å². The second-order valence-corrected chi connectivity index (χ2v) is 8.57. The fourth-order valence-electron chi connectivity index (χ4n) is 3.56. The molecule has 2 aromatic heterocycles. The molecule has 1 N–H and O–H groups in total. The number of carbonyl (C=O) groups is 1. The Hall–Kier alpha value is -3.65. The maximum absolute atomic E-state index is 13.3. The van der Waals surface area contributed by atoms with Gasteiger partial charge in [-0.2, -0.15) is 0 Å². The lowest BCUT2D eigenvalue weighted by molar-refractivity contribution is -0.116. The Labute approximate surface area is 189 Å². The molecule has 0 atom stereocenters. The summed E-state index contributed by atoms with van der Waals surface area (Å²) in [5.41, 5.74) is 3.23. The average molecular weight is 450 g/mol. The fourth-order valence-corrected chi connectivity index (χ4v) is 4.57. The largest absolute Gasteiger partial charge is 0.497 e. The van der Waals surface area contributed by atoms with E-state index in [-0.39, 0.29) is 18.0 Å². The predicted octanol–water partition coefficient (Wildman–Crippen LogP) is 4.40. The van der Waals surface area contributed by atoms with Crippen LogP contribution in [0.4, 0.5) is 5.69 Å². The minimum atomic E-state index is -0.361. The molecule has 0 fully saturated rings. The van der Waals surface area contributed by atoms with Gasteiger partial charge in [-0.3, -0.25) is 14.2 Å². The van der Waals surface area contributed by atoms with Crippen molar-refractivity contribution in [2.75, 3.05) is 19.5 Å². The first-order chi connectivity index (χ1) is 15.4. The van der Waals surface area contributed by atoms with Crippen LogP contribution in [-0.4, -0.2) is 29.7 Å². The Balaban J connectivity index is 1.66. The van der Waals surface area contributed by atoms with Gasteiger partial charge in [-0.05, 0) is 31.5 Å². The van der Waals surface area contributed by atoms with E-state index in [1.54, 1.807) is 25.3 Å². The van der Waals surface area contributed by atoms with E-state index in [4.69, 9.17) is 9.47 Å². The molecule has 2 aromatic carbocycles. The Morgan fingerprint density at radius 1 is 1.09 bits per heavy atom. The number of fused-ring (bicyclic) bond motifs is 1. The number of hydrogen-bond donors (Lipinski definition) is 1. The first-order valence-electron chi connectivity index (χ1n) is 9.98. The van der Waals surface area contributed by atoms with E-state index >= 15 is 0 Å². The van der Waals surface area contributed by atoms with E-state index in [1.165, 1.54) is 29.3 Å². The molecule has 0 aliphatic rings. The minimum Gasteiger partial charge on any atom is -0.497 e. The number of ether oxygens (including phenoxy) is 2. The summed E-state index contributed by atoms with van der Waals surface area (Å²) in [7, 11) is 3.07. The van der Waals surface area contributed by atoms with Crippen LogP contribution in [0.3, 0.4) is 0 Å². The molecule has 4 rings (SSSR count). The number of rotatable bonds is 6. The number of anilines is 1. The van der Waals surface area contributed by atoms with Gasteiger partial charge in [0.15, 0.2) is 0 Å². The van der Waals surface area contributed by atoms with Gasteiger partial charge >= 0.3 is 0 Å². The summed E-state index contributed by atoms with van der Waals surface area (Å²) >= 11 is 1.48. The summed E-state index contributed by atoms with van der Waals surface area (Å²) in [4.78, 5) is 32.1. The number of hydrogen-bond acceptors (Lipinski definition) is 6. The highest BCUT2D eigenvalue weighted by Crippen LogP contribution is 2.35. The van der Waals surface area contributed by atoms with Gasteiger partial charge in [0, 0.05) is 16.5 Å². The molecule has 0 bridgehead atoms. The van der Waals surface area contributed by atoms with Crippen molar-refractivity contribution in [2.24, 2.45) is 0 Å². The topological polar surface area (TPSA) is 82.5 Å². The maximum atomic E-state index is 13.3. The monoisotopic (exact) mass is 449 g/mol. The third-order valence-electron chi connectivity index (χ3n) is 5.19. The summed E-state index contributed by atoms with van der Waals surface area (Å²) in [6.07, 6.45) is 1.42. The van der Waals surface area contributed by atoms with Crippen LogP contribution in [0.5, 0.6) is 11.5 Å². The molecule has 2 heterocycles. The minimum absolute atomic E-state index is 0.167. The van der Waals surface area contributed by atoms with Crippen LogP contribution in [0.2, 0.25) is 0 Å². The zero-order chi connectivity index (χ0) is 22.8. The molecule has 4 aromatic rings. The lowest BCUT2D eigenvalue weighted by Crippen LogP contribution is -2.28. The lowest BCUT2D eigenvalue weighted by atomic mass is 10.0. The molecule has 1 amide bonds. The van der Waals surface area contributed by atoms with Crippen LogP contribution >= 0.6 is 11.3 Å². The number of aryl methyl sites for hydroxylation is 2. The van der Waals surface area contributed by atoms with Crippen LogP contribution in [-0.2, 0) is 11.3 Å². The maximum Gasteiger partial charge on any atom is 0.263 e. The van der Waals surface area contributed by atoms with E-state index in [9.17, 15) is 9.59 Å². The van der Waals surface area contributed by atoms with Crippen molar-refractivity contribution in [3.63, 3.8) is 0 Å². The number of thiophene rings is 1. The first kappa shape index (κ1) is 21.6. The van der Waals surface area contributed by atoms with Gasteiger partial charge < -0.3 is 14.8 Å². The Morgan fingerprint density at radius 3 is 2.53 bits per heavy atom. The van der Waals surface area contributed by atoms with Gasteiger partial charge in [0.2, 0.25) is 5.91 Å². The molecule has 0 saturated heterocycles. The molecular formula is C24H23N3O4S. The molecule has 0 aliphatic heterocycles. The molecule has 32 heavy (non-hydrogen) atoms. The van der Waals surface area contributed by atoms with Crippen molar-refractivity contribution >= 4 is 33.1 Å². The van der Waals surface area contributed by atoms with E-state index in [0.29, 0.717) is 27.4 Å². The normalized spacial score (nSPS) is 10.9. The highest BCUT2D eigenvalue weighted by molar-refractivity contribution is 7.19. The number of benzene rings is 2. The molecule has 7 nitrogen and oxygen atoms in total. The fraction of sp³-hybridized carbons (Fsp3) is 0.208. The molecule has 0 spiro atoms. The van der Waals surface area contributed by atoms with Crippen molar-refractivity contribution in [2.45, 2.75) is 20.4 Å². The number of nitrogens with one attached hydrogen (secondary N) is 1. The summed E-state index contributed by atoms with van der Waals surface area (Å²) < 4.78 is 11.8. The van der Waals surface area contributed by atoms with Crippen LogP contribution in [0.15, 0.2) is 53.6 Å². The summed E-state index contributed by atoms with van der Waals surface area (Å²) in [5.74, 6) is 0.719. The molecule has 164 valence electrons. The van der Waals surface area contributed by atoms with Gasteiger partial charge in [-0.15, -0.1) is 11.3 Å². The lowest BCUT2D eigenvalue weighted by Gasteiger charge is -2.12. The molecular weight excluding hydrogens is 426 g/mol. The second kappa shape index (κ2) is 8.84. The highest BCUT2D eigenvalue weighted by Gasteiger charge is 2.18. The standard InChI is InChI=1S/C24H23N3O4S/c1-14-5-7-16(8-6-14)21-15(2)32-23-22(21)24(29)27(13-25-23)12-20(28)26-18-10-9-17(30-3)11-19(18)31-4/h5-11,13H,12H2,1-4H3,(H,26,28). The third-order valence-corrected chi connectivity index (χ3v) is 6.20. The number of amides is 1. The van der Waals surface area contributed by atoms with E-state index in [0.717, 1.165) is 21.6 Å². The van der Waals surface area contributed by atoms with E-state index < -0.39 is 0 Å². The summed E-state index contributed by atoms with van der Waals surface area (Å²) in [6.45, 7) is 3.83. The van der Waals surface area contributed by atoms with Crippen molar-refractivity contribution in [1.82, 2.24) is 9.55 Å². The number of carbonyl (C=O) groups excluding carboxylic acids is 1. The zero-order valence-electron chi connectivity index (χ0n) is 18.3. The predicted molar refractivity (Wildman–Crippen MR) is 127 cm³/mol. The summed E-state index contributed by atoms with van der Waals surface area (Å²) in [6, 6.07) is 13.1. The Kier molecular flexibility index (Phi) is 5.96. The Morgan fingerprint density at radius 2 is 1.84 bits per heavy atom. The van der Waals surface area contributed by atoms with Crippen LogP contribution in [0.1, 0.15) is 10.4 Å². The molecule has 0 unspecified atom stereocenters. The van der Waals surface area contributed by atoms with Gasteiger partial charge in [-0.1, -0.05) is 29.8 Å². The SMILES string of the molecule is COc1ccc(NC(=O)Cn2cnc3sc(C)c(-c4ccc(C)cc4)c3c2=O)c(OC)c1. The molecule has 0 radical (unpaired) electrons. The van der Waals surface area contributed by atoms with Crippen LogP contribution in [0, 0.1) is 13.8 Å². The molecule has 0 saturated carbocycles. The van der Waals surface area contributed by atoms with Crippen molar-refractivity contribution < 1.29 is 14.3 Å². The first-order valence-corrected chi connectivity index (χ1v) is 10.8. The van der Waals surface area contributed by atoms with Crippen molar-refractivity contribution in [3.05, 3.63) is 69.6 Å². The quantitative estimate of drug-likeness (QED) is 0.472. The van der Waals surface area contributed by atoms with E-state index in [1.807, 2.05) is 38.1 Å². The van der Waals surface area contributed by atoms with Gasteiger partial charge in [-0.25, -0.2) is 4.98 Å². The summed E-state index contributed by atoms with van der Waals surface area (Å²) in [5, 5.41) is 3.33. The average Bonchev–Trinajstić information content (AvgIpc) is 3.13. The second-order valence-electron chi connectivity index (χ2n) is 7.37. The smallest absolute Gasteiger partial charge is 0.263 e. The van der Waals surface area contributed by atoms with Crippen molar-refractivity contribution in [3.8, 4) is 22.6 Å². The number of methoxy groups -OCH3 is 2. The van der Waals surface area contributed by atoms with Gasteiger partial charge in [0.25, 0.3) is 5.56 Å². The van der Waals surface area contributed by atoms with E-state index in [2.05, 4.69) is 10.3 Å².